The molecule has 6 nitrogen and oxygen atoms in total. The number of aromatic amines is 1. The van der Waals surface area contributed by atoms with Gasteiger partial charge >= 0.3 is 0 Å². The molecule has 19 heavy (non-hydrogen) atoms. The molecule has 1 aromatic heterocycles. The van der Waals surface area contributed by atoms with Crippen molar-refractivity contribution in [1.29, 1.82) is 0 Å². The van der Waals surface area contributed by atoms with Crippen LogP contribution in [0.25, 0.3) is 27.4 Å². The fourth-order valence-electron chi connectivity index (χ4n) is 2.35. The van der Waals surface area contributed by atoms with Crippen molar-refractivity contribution in [2.24, 2.45) is 5.11 Å². The van der Waals surface area contributed by atoms with Crippen LogP contribution in [-0.2, 0) is 6.42 Å². The fraction of sp³-hybridized carbons (Fsp3) is 0.308. The number of nitrogens with one attached hydrogen (secondary N) is 1. The van der Waals surface area contributed by atoms with Crippen molar-refractivity contribution in [1.82, 2.24) is 10.2 Å². The summed E-state index contributed by atoms with van der Waals surface area (Å²) >= 11 is 0. The number of H-pyrrole nitrogens is 1. The minimum absolute atomic E-state index is 0.113. The van der Waals surface area contributed by atoms with Gasteiger partial charge in [0.2, 0.25) is 0 Å². The molecule has 0 radical (unpaired) electrons. The highest BCUT2D eigenvalue weighted by atomic mass is 16.5. The lowest BCUT2D eigenvalue weighted by atomic mass is 10.0. The molecule has 1 aliphatic rings. The molecule has 0 amide bonds. The Morgan fingerprint density at radius 2 is 2.47 bits per heavy atom. The molecule has 0 bridgehead atoms. The number of nitrogens with zero attached hydrogens (tertiary/aromatic N) is 4. The van der Waals surface area contributed by atoms with Crippen LogP contribution in [0.15, 0.2) is 23.3 Å². The summed E-state index contributed by atoms with van der Waals surface area (Å²) < 4.78 is 5.60. The average molecular weight is 255 g/mol. The predicted octanol–water partition coefficient (Wildman–Crippen LogP) is 3.21. The molecule has 0 saturated heterocycles. The Bertz CT molecular complexity index is 696. The number of azide groups is 1. The molecule has 2 heterocycles. The van der Waals surface area contributed by atoms with Crippen LogP contribution in [0.3, 0.4) is 0 Å². The van der Waals surface area contributed by atoms with Crippen LogP contribution < -0.4 is 4.74 Å². The summed E-state index contributed by atoms with van der Waals surface area (Å²) in [4.78, 5) is 2.84. The molecule has 0 fully saturated rings. The zero-order chi connectivity index (χ0) is 13.2. The molecule has 3 rings (SSSR count). The van der Waals surface area contributed by atoms with Gasteiger partial charge in [-0.3, -0.25) is 5.10 Å². The summed E-state index contributed by atoms with van der Waals surface area (Å²) in [5.74, 6) is 0.870. The van der Waals surface area contributed by atoms with E-state index in [1.807, 2.05) is 25.1 Å². The highest BCUT2D eigenvalue weighted by Gasteiger charge is 2.16. The monoisotopic (exact) mass is 255 g/mol. The van der Waals surface area contributed by atoms with E-state index in [9.17, 15) is 0 Å². The first-order valence-electron chi connectivity index (χ1n) is 6.13. The van der Waals surface area contributed by atoms with Crippen molar-refractivity contribution < 1.29 is 4.74 Å². The highest BCUT2D eigenvalue weighted by molar-refractivity contribution is 5.93. The minimum Gasteiger partial charge on any atom is -0.489 e. The van der Waals surface area contributed by atoms with E-state index in [4.69, 9.17) is 10.3 Å². The summed E-state index contributed by atoms with van der Waals surface area (Å²) in [5, 5.41) is 12.1. The van der Waals surface area contributed by atoms with Gasteiger partial charge in [-0.15, -0.1) is 0 Å². The third kappa shape index (κ3) is 2.02. The van der Waals surface area contributed by atoms with Gasteiger partial charge in [0.15, 0.2) is 0 Å². The Kier molecular flexibility index (Phi) is 2.85. The standard InChI is InChI=1S/C13H13N5O/c1-8(15-18-14)7-11-13-9-3-2-6-19-12(9)5-4-10(13)16-17-11/h2-5,8H,6-7H2,1H3,(H,16,17). The second kappa shape index (κ2) is 4.66. The summed E-state index contributed by atoms with van der Waals surface area (Å²) in [6.45, 7) is 2.48. The van der Waals surface area contributed by atoms with Gasteiger partial charge in [0, 0.05) is 27.6 Å². The summed E-state index contributed by atoms with van der Waals surface area (Å²) in [5.41, 5.74) is 11.4. The van der Waals surface area contributed by atoms with E-state index >= 15 is 0 Å². The molecule has 1 atom stereocenters. The van der Waals surface area contributed by atoms with Gasteiger partial charge in [0.05, 0.1) is 5.52 Å². The lowest BCUT2D eigenvalue weighted by Gasteiger charge is -2.13. The lowest BCUT2D eigenvalue weighted by Crippen LogP contribution is -2.04. The first kappa shape index (κ1) is 11.6. The van der Waals surface area contributed by atoms with Gasteiger partial charge in [0.25, 0.3) is 0 Å². The highest BCUT2D eigenvalue weighted by Crippen LogP contribution is 2.33. The number of hydrogen-bond donors (Lipinski definition) is 1. The van der Waals surface area contributed by atoms with Crippen LogP contribution in [0.2, 0.25) is 0 Å². The van der Waals surface area contributed by atoms with Gasteiger partial charge < -0.3 is 4.74 Å². The van der Waals surface area contributed by atoms with Gasteiger partial charge in [0.1, 0.15) is 12.4 Å². The second-order valence-electron chi connectivity index (χ2n) is 4.55. The van der Waals surface area contributed by atoms with Gasteiger partial charge in [-0.05, 0) is 30.2 Å². The molecular formula is C13H13N5O. The van der Waals surface area contributed by atoms with Crippen LogP contribution in [0.4, 0.5) is 0 Å². The molecule has 1 unspecified atom stereocenters. The van der Waals surface area contributed by atoms with E-state index in [1.165, 1.54) is 0 Å². The summed E-state index contributed by atoms with van der Waals surface area (Å²) in [7, 11) is 0. The second-order valence-corrected chi connectivity index (χ2v) is 4.55. The Morgan fingerprint density at radius 3 is 3.32 bits per heavy atom. The fourth-order valence-corrected chi connectivity index (χ4v) is 2.35. The van der Waals surface area contributed by atoms with Crippen molar-refractivity contribution in [3.05, 3.63) is 39.9 Å². The number of fused-ring (bicyclic) bond motifs is 3. The topological polar surface area (TPSA) is 86.7 Å². The number of rotatable bonds is 3. The van der Waals surface area contributed by atoms with Crippen LogP contribution in [0, 0.1) is 0 Å². The van der Waals surface area contributed by atoms with Crippen molar-refractivity contribution in [3.63, 3.8) is 0 Å². The van der Waals surface area contributed by atoms with Crippen molar-refractivity contribution >= 4 is 17.0 Å². The number of hydrogen-bond acceptors (Lipinski definition) is 3. The molecule has 1 aromatic carbocycles. The van der Waals surface area contributed by atoms with Crippen molar-refractivity contribution in [2.45, 2.75) is 19.4 Å². The van der Waals surface area contributed by atoms with E-state index in [0.29, 0.717) is 13.0 Å². The van der Waals surface area contributed by atoms with Crippen LogP contribution >= 0.6 is 0 Å². The van der Waals surface area contributed by atoms with Crippen LogP contribution in [0.1, 0.15) is 18.2 Å². The molecule has 96 valence electrons. The van der Waals surface area contributed by atoms with Gasteiger partial charge in [-0.2, -0.15) is 5.10 Å². The van der Waals surface area contributed by atoms with Crippen LogP contribution in [-0.4, -0.2) is 22.8 Å². The maximum absolute atomic E-state index is 8.47. The number of aromatic nitrogens is 2. The quantitative estimate of drug-likeness (QED) is 0.518. The van der Waals surface area contributed by atoms with E-state index in [0.717, 1.165) is 27.9 Å². The smallest absolute Gasteiger partial charge is 0.127 e. The minimum atomic E-state index is -0.113. The summed E-state index contributed by atoms with van der Waals surface area (Å²) in [6, 6.07) is 3.76. The zero-order valence-corrected chi connectivity index (χ0v) is 10.5. The first-order valence-corrected chi connectivity index (χ1v) is 6.13. The van der Waals surface area contributed by atoms with Crippen molar-refractivity contribution in [3.8, 4) is 5.75 Å². The van der Waals surface area contributed by atoms with Gasteiger partial charge in [-0.25, -0.2) is 0 Å². The number of ether oxygens (including phenoxy) is 1. The van der Waals surface area contributed by atoms with Gasteiger partial charge in [-0.1, -0.05) is 18.1 Å². The first-order chi connectivity index (χ1) is 9.29. The molecule has 0 spiro atoms. The Morgan fingerprint density at radius 1 is 1.58 bits per heavy atom. The molecule has 1 N–H and O–H groups in total. The normalized spacial score (nSPS) is 14.6. The molecule has 0 aliphatic carbocycles. The Hall–Kier alpha value is -2.46. The SMILES string of the molecule is CC(Cc1[nH]nc2ccc3c(c12)C=CCO3)N=[N+]=[N-]. The van der Waals surface area contributed by atoms with Crippen LogP contribution in [0.5, 0.6) is 5.75 Å². The molecule has 6 heteroatoms. The van der Waals surface area contributed by atoms with E-state index in [2.05, 4.69) is 26.3 Å². The van der Waals surface area contributed by atoms with E-state index in [-0.39, 0.29) is 6.04 Å². The zero-order valence-electron chi connectivity index (χ0n) is 10.5. The average Bonchev–Trinajstić information content (AvgIpc) is 2.82. The lowest BCUT2D eigenvalue weighted by molar-refractivity contribution is 0.359. The van der Waals surface area contributed by atoms with E-state index in [1.54, 1.807) is 0 Å². The van der Waals surface area contributed by atoms with Crippen molar-refractivity contribution in [2.75, 3.05) is 6.61 Å². The Labute approximate surface area is 109 Å². The number of benzene rings is 1. The molecule has 0 saturated carbocycles. The third-order valence-corrected chi connectivity index (χ3v) is 3.16. The Balaban J connectivity index is 2.11. The molecular weight excluding hydrogens is 242 g/mol. The predicted molar refractivity (Wildman–Crippen MR) is 72.9 cm³/mol. The maximum atomic E-state index is 8.47. The van der Waals surface area contributed by atoms with E-state index < -0.39 is 0 Å². The molecule has 1 aliphatic heterocycles. The molecule has 2 aromatic rings. The largest absolute Gasteiger partial charge is 0.489 e. The maximum Gasteiger partial charge on any atom is 0.127 e. The third-order valence-electron chi connectivity index (χ3n) is 3.16. The summed E-state index contributed by atoms with van der Waals surface area (Å²) in [6.07, 6.45) is 4.67.